The molecule has 1 unspecified atom stereocenters. The van der Waals surface area contributed by atoms with Crippen LogP contribution in [0.15, 0.2) is 72.9 Å². The second-order valence-electron chi connectivity index (χ2n) is 21.7. The topological polar surface area (TPSA) is 78.9 Å². The summed E-state index contributed by atoms with van der Waals surface area (Å²) in [6.07, 6.45) is 81.9. The number of esters is 3. The highest BCUT2D eigenvalue weighted by atomic mass is 16.6. The summed E-state index contributed by atoms with van der Waals surface area (Å²) in [4.78, 5) is 38.3. The van der Waals surface area contributed by atoms with Crippen LogP contribution in [0.3, 0.4) is 0 Å². The van der Waals surface area contributed by atoms with Crippen molar-refractivity contribution in [3.63, 3.8) is 0 Å². The largest absolute Gasteiger partial charge is 0.462 e. The van der Waals surface area contributed by atoms with Crippen molar-refractivity contribution in [1.29, 1.82) is 0 Å². The minimum atomic E-state index is -0.790. The first-order valence-corrected chi connectivity index (χ1v) is 32.4. The van der Waals surface area contributed by atoms with Gasteiger partial charge >= 0.3 is 17.9 Å². The monoisotopic (exact) mass is 1050 g/mol. The normalized spacial score (nSPS) is 12.5. The summed E-state index contributed by atoms with van der Waals surface area (Å²) in [7, 11) is 0. The van der Waals surface area contributed by atoms with Gasteiger partial charge in [0.15, 0.2) is 6.10 Å². The van der Waals surface area contributed by atoms with Gasteiger partial charge in [-0.15, -0.1) is 0 Å². The Bertz CT molecular complexity index is 1390. The fourth-order valence-electron chi connectivity index (χ4n) is 9.24. The van der Waals surface area contributed by atoms with Crippen LogP contribution in [0.2, 0.25) is 0 Å². The van der Waals surface area contributed by atoms with Crippen molar-refractivity contribution in [2.24, 2.45) is 0 Å². The maximum atomic E-state index is 12.9. The van der Waals surface area contributed by atoms with Crippen molar-refractivity contribution >= 4 is 17.9 Å². The Morgan fingerprint density at radius 1 is 0.267 bits per heavy atom. The molecule has 0 radical (unpaired) electrons. The molecule has 0 aliphatic carbocycles. The average molecular weight is 1050 g/mol. The number of hydrogen-bond donors (Lipinski definition) is 0. The van der Waals surface area contributed by atoms with E-state index in [0.717, 1.165) is 103 Å². The van der Waals surface area contributed by atoms with Crippen molar-refractivity contribution in [3.05, 3.63) is 72.9 Å². The molecule has 0 saturated carbocycles. The highest BCUT2D eigenvalue weighted by Gasteiger charge is 2.19. The van der Waals surface area contributed by atoms with Gasteiger partial charge in [0.1, 0.15) is 13.2 Å². The maximum Gasteiger partial charge on any atom is 0.306 e. The number of allylic oxidation sites excluding steroid dienone is 12. The summed E-state index contributed by atoms with van der Waals surface area (Å²) < 4.78 is 16.9. The molecule has 0 aliphatic rings. The van der Waals surface area contributed by atoms with Crippen molar-refractivity contribution in [2.45, 2.75) is 335 Å². The van der Waals surface area contributed by atoms with Gasteiger partial charge < -0.3 is 14.2 Å². The molecule has 75 heavy (non-hydrogen) atoms. The van der Waals surface area contributed by atoms with E-state index < -0.39 is 6.10 Å². The number of hydrogen-bond acceptors (Lipinski definition) is 6. The summed E-state index contributed by atoms with van der Waals surface area (Å²) in [5.41, 5.74) is 0. The highest BCUT2D eigenvalue weighted by Crippen LogP contribution is 2.16. The van der Waals surface area contributed by atoms with Gasteiger partial charge in [-0.3, -0.25) is 14.4 Å². The van der Waals surface area contributed by atoms with Gasteiger partial charge in [0.25, 0.3) is 0 Å². The fraction of sp³-hybridized carbons (Fsp3) is 0.783. The quantitative estimate of drug-likeness (QED) is 0.0261. The van der Waals surface area contributed by atoms with Gasteiger partial charge in [-0.2, -0.15) is 0 Å². The number of carbonyl (C=O) groups excluding carboxylic acids is 3. The molecule has 0 heterocycles. The van der Waals surface area contributed by atoms with E-state index in [0.29, 0.717) is 19.3 Å². The standard InChI is InChI=1S/C69H122O6/c1-4-7-10-13-16-19-22-25-28-30-32-33-34-35-37-38-41-44-47-50-53-56-59-62-68(71)74-65-66(64-73-67(70)61-58-55-52-49-46-43-40-27-24-21-18-15-12-9-6-3)75-69(72)63-60-57-54-51-48-45-42-39-36-31-29-26-23-20-17-14-11-8-5-2/h17-18,20-21,26-27,29-30,32,36,39-40,66H,4-16,19,22-25,28,31,33-35,37-38,41-65H2,1-3H3/b20-17-,21-18-,29-26-,32-30-,39-36-,40-27-. The molecule has 0 N–H and O–H groups in total. The molecular formula is C69H122O6. The van der Waals surface area contributed by atoms with Crippen molar-refractivity contribution < 1.29 is 28.6 Å². The smallest absolute Gasteiger partial charge is 0.306 e. The van der Waals surface area contributed by atoms with Gasteiger partial charge in [-0.05, 0) is 116 Å². The van der Waals surface area contributed by atoms with Gasteiger partial charge in [0, 0.05) is 19.3 Å². The van der Waals surface area contributed by atoms with E-state index in [1.165, 1.54) is 186 Å². The van der Waals surface area contributed by atoms with E-state index in [9.17, 15) is 14.4 Å². The third kappa shape index (κ3) is 61.6. The molecule has 0 spiro atoms. The van der Waals surface area contributed by atoms with E-state index in [-0.39, 0.29) is 31.1 Å². The fourth-order valence-corrected chi connectivity index (χ4v) is 9.24. The van der Waals surface area contributed by atoms with E-state index in [2.05, 4.69) is 93.7 Å². The lowest BCUT2D eigenvalue weighted by atomic mass is 10.0. The minimum absolute atomic E-state index is 0.0845. The zero-order valence-electron chi connectivity index (χ0n) is 49.8. The van der Waals surface area contributed by atoms with Crippen LogP contribution in [0.4, 0.5) is 0 Å². The minimum Gasteiger partial charge on any atom is -0.462 e. The van der Waals surface area contributed by atoms with Crippen LogP contribution in [0.5, 0.6) is 0 Å². The molecule has 0 fully saturated rings. The summed E-state index contributed by atoms with van der Waals surface area (Å²) in [6.45, 7) is 6.60. The van der Waals surface area contributed by atoms with Crippen LogP contribution in [-0.4, -0.2) is 37.2 Å². The third-order valence-corrected chi connectivity index (χ3v) is 14.2. The van der Waals surface area contributed by atoms with Crippen LogP contribution >= 0.6 is 0 Å². The summed E-state index contributed by atoms with van der Waals surface area (Å²) in [5.74, 6) is -0.898. The van der Waals surface area contributed by atoms with Crippen molar-refractivity contribution in [3.8, 4) is 0 Å². The van der Waals surface area contributed by atoms with Crippen LogP contribution in [0.1, 0.15) is 329 Å². The third-order valence-electron chi connectivity index (χ3n) is 14.2. The Kier molecular flexibility index (Phi) is 60.7. The Hall–Kier alpha value is -3.15. The second-order valence-corrected chi connectivity index (χ2v) is 21.7. The van der Waals surface area contributed by atoms with Crippen molar-refractivity contribution in [2.75, 3.05) is 13.2 Å². The first kappa shape index (κ1) is 71.8. The Morgan fingerprint density at radius 2 is 0.480 bits per heavy atom. The summed E-state index contributed by atoms with van der Waals surface area (Å²) >= 11 is 0. The summed E-state index contributed by atoms with van der Waals surface area (Å²) in [5, 5.41) is 0. The number of rotatable bonds is 59. The zero-order valence-corrected chi connectivity index (χ0v) is 49.8. The molecule has 0 aromatic rings. The average Bonchev–Trinajstić information content (AvgIpc) is 3.41. The first-order valence-electron chi connectivity index (χ1n) is 32.4. The zero-order chi connectivity index (χ0) is 54.3. The molecule has 0 saturated heterocycles. The summed E-state index contributed by atoms with van der Waals surface area (Å²) in [6, 6.07) is 0. The second kappa shape index (κ2) is 63.4. The molecule has 0 aromatic heterocycles. The van der Waals surface area contributed by atoms with Crippen LogP contribution < -0.4 is 0 Å². The Labute approximate surface area is 465 Å². The molecule has 434 valence electrons. The lowest BCUT2D eigenvalue weighted by Gasteiger charge is -2.18. The van der Waals surface area contributed by atoms with Gasteiger partial charge in [-0.1, -0.05) is 267 Å². The van der Waals surface area contributed by atoms with E-state index in [4.69, 9.17) is 14.2 Å². The number of ether oxygens (including phenoxy) is 3. The molecule has 0 rings (SSSR count). The predicted molar refractivity (Wildman–Crippen MR) is 325 cm³/mol. The molecular weight excluding hydrogens is 925 g/mol. The van der Waals surface area contributed by atoms with Gasteiger partial charge in [0.2, 0.25) is 0 Å². The van der Waals surface area contributed by atoms with E-state index >= 15 is 0 Å². The van der Waals surface area contributed by atoms with Crippen molar-refractivity contribution in [1.82, 2.24) is 0 Å². The molecule has 0 aromatic carbocycles. The molecule has 0 amide bonds. The Balaban J connectivity index is 4.36. The first-order chi connectivity index (χ1) is 37.0. The van der Waals surface area contributed by atoms with Crippen LogP contribution in [0, 0.1) is 0 Å². The predicted octanol–water partition coefficient (Wildman–Crippen LogP) is 22.1. The lowest BCUT2D eigenvalue weighted by Crippen LogP contribution is -2.30. The molecule has 6 heteroatoms. The lowest BCUT2D eigenvalue weighted by molar-refractivity contribution is -0.167. The van der Waals surface area contributed by atoms with E-state index in [1.54, 1.807) is 0 Å². The Morgan fingerprint density at radius 3 is 0.787 bits per heavy atom. The number of carbonyl (C=O) groups is 3. The molecule has 0 bridgehead atoms. The SMILES string of the molecule is CCCCC/C=C\C/C=C\C/C=C\CCCCCCCCC(=O)OC(COC(=O)CCCCCCC/C=C\C/C=C\CCCCC)COC(=O)CCCCCCCCCCCCC/C=C\CCCCCCCCCC. The number of unbranched alkanes of at least 4 members (excludes halogenated alkanes) is 36. The molecule has 6 nitrogen and oxygen atoms in total. The van der Waals surface area contributed by atoms with Gasteiger partial charge in [-0.25, -0.2) is 0 Å². The van der Waals surface area contributed by atoms with Gasteiger partial charge in [0.05, 0.1) is 0 Å². The highest BCUT2D eigenvalue weighted by molar-refractivity contribution is 5.71. The molecule has 1 atom stereocenters. The van der Waals surface area contributed by atoms with E-state index in [1.807, 2.05) is 0 Å². The van der Waals surface area contributed by atoms with Crippen LogP contribution in [-0.2, 0) is 28.6 Å². The molecule has 0 aliphatic heterocycles. The maximum absolute atomic E-state index is 12.9. The van der Waals surface area contributed by atoms with Crippen LogP contribution in [0.25, 0.3) is 0 Å².